The number of hydrogen-bond acceptors (Lipinski definition) is 3. The minimum absolute atomic E-state index is 0.180. The van der Waals surface area contributed by atoms with Gasteiger partial charge in [0.15, 0.2) is 5.78 Å². The van der Waals surface area contributed by atoms with E-state index in [1.54, 1.807) is 12.1 Å². The van der Waals surface area contributed by atoms with Crippen LogP contribution in [0.4, 0.5) is 0 Å². The van der Waals surface area contributed by atoms with E-state index in [2.05, 4.69) is 23.9 Å². The molecule has 4 heteroatoms. The molecule has 20 heavy (non-hydrogen) atoms. The predicted octanol–water partition coefficient (Wildman–Crippen LogP) is 2.94. The molecular weight excluding hydrogens is 272 g/mol. The number of ketones is 1. The fourth-order valence-electron chi connectivity index (χ4n) is 2.72. The molecule has 3 nitrogen and oxygen atoms in total. The first-order valence-electron chi connectivity index (χ1n) is 7.24. The number of halogens is 1. The van der Waals surface area contributed by atoms with Crippen LogP contribution in [0.3, 0.4) is 0 Å². The lowest BCUT2D eigenvalue weighted by Crippen LogP contribution is -2.45. The second-order valence-electron chi connectivity index (χ2n) is 5.74. The zero-order valence-electron chi connectivity index (χ0n) is 12.3. The first-order chi connectivity index (χ1) is 9.56. The normalized spacial score (nSPS) is 20.3. The third-order valence-corrected chi connectivity index (χ3v) is 4.25. The van der Waals surface area contributed by atoms with Gasteiger partial charge in [-0.05, 0) is 45.6 Å². The Kier molecular flexibility index (Phi) is 5.58. The number of carbonyl (C=O) groups excluding carboxylic acids is 1. The van der Waals surface area contributed by atoms with Crippen molar-refractivity contribution in [3.8, 4) is 0 Å². The van der Waals surface area contributed by atoms with Gasteiger partial charge in [0.1, 0.15) is 0 Å². The standard InChI is InChI=1S/C16H23ClN2O/c1-18(2)15-7-4-9-19(12-15)10-8-16(20)13-5-3-6-14(17)11-13/h3,5-6,11,15H,4,7-10,12H2,1-2H3. The molecule has 0 aromatic heterocycles. The number of carbonyl (C=O) groups is 1. The molecule has 0 radical (unpaired) electrons. The largest absolute Gasteiger partial charge is 0.305 e. The third kappa shape index (κ3) is 4.30. The van der Waals surface area contributed by atoms with Gasteiger partial charge in [-0.25, -0.2) is 0 Å². The molecule has 110 valence electrons. The summed E-state index contributed by atoms with van der Waals surface area (Å²) in [5.74, 6) is 0.180. The van der Waals surface area contributed by atoms with E-state index in [1.165, 1.54) is 12.8 Å². The number of likely N-dealkylation sites (tertiary alicyclic amines) is 1. The van der Waals surface area contributed by atoms with Gasteiger partial charge >= 0.3 is 0 Å². The predicted molar refractivity (Wildman–Crippen MR) is 83.5 cm³/mol. The second-order valence-corrected chi connectivity index (χ2v) is 6.18. The maximum Gasteiger partial charge on any atom is 0.164 e. The highest BCUT2D eigenvalue weighted by molar-refractivity contribution is 6.31. The van der Waals surface area contributed by atoms with E-state index in [-0.39, 0.29) is 5.78 Å². The molecule has 1 fully saturated rings. The lowest BCUT2D eigenvalue weighted by Gasteiger charge is -2.36. The van der Waals surface area contributed by atoms with Crippen molar-refractivity contribution in [1.82, 2.24) is 9.80 Å². The van der Waals surface area contributed by atoms with Gasteiger partial charge < -0.3 is 9.80 Å². The van der Waals surface area contributed by atoms with Crippen LogP contribution in [0, 0.1) is 0 Å². The van der Waals surface area contributed by atoms with Crippen LogP contribution < -0.4 is 0 Å². The summed E-state index contributed by atoms with van der Waals surface area (Å²) in [5.41, 5.74) is 0.721. The summed E-state index contributed by atoms with van der Waals surface area (Å²) >= 11 is 5.92. The van der Waals surface area contributed by atoms with Crippen LogP contribution in [0.2, 0.25) is 5.02 Å². The number of nitrogens with zero attached hydrogens (tertiary/aromatic N) is 2. The van der Waals surface area contributed by atoms with Gasteiger partial charge in [-0.1, -0.05) is 23.7 Å². The van der Waals surface area contributed by atoms with Crippen LogP contribution in [-0.4, -0.2) is 55.4 Å². The summed E-state index contributed by atoms with van der Waals surface area (Å²) in [6.07, 6.45) is 3.04. The van der Waals surface area contributed by atoms with E-state index in [4.69, 9.17) is 11.6 Å². The molecule has 0 aliphatic carbocycles. The maximum absolute atomic E-state index is 12.2. The monoisotopic (exact) mass is 294 g/mol. The summed E-state index contributed by atoms with van der Waals surface area (Å²) in [7, 11) is 4.26. The van der Waals surface area contributed by atoms with Crippen molar-refractivity contribution in [2.45, 2.75) is 25.3 Å². The van der Waals surface area contributed by atoms with E-state index in [0.717, 1.165) is 25.2 Å². The van der Waals surface area contributed by atoms with Crippen molar-refractivity contribution in [2.75, 3.05) is 33.7 Å². The summed E-state index contributed by atoms with van der Waals surface area (Å²) in [6, 6.07) is 7.84. The number of piperidine rings is 1. The number of rotatable bonds is 5. The minimum Gasteiger partial charge on any atom is -0.305 e. The van der Waals surface area contributed by atoms with Gasteiger partial charge in [-0.2, -0.15) is 0 Å². The fourth-order valence-corrected chi connectivity index (χ4v) is 2.91. The van der Waals surface area contributed by atoms with Gasteiger partial charge in [0, 0.05) is 36.1 Å². The van der Waals surface area contributed by atoms with Crippen LogP contribution in [-0.2, 0) is 0 Å². The molecule has 1 aliphatic heterocycles. The van der Waals surface area contributed by atoms with Crippen LogP contribution in [0.25, 0.3) is 0 Å². The molecule has 0 N–H and O–H groups in total. The smallest absolute Gasteiger partial charge is 0.164 e. The lowest BCUT2D eigenvalue weighted by molar-refractivity contribution is 0.0928. The maximum atomic E-state index is 12.2. The Hall–Kier alpha value is -0.900. The molecule has 0 bridgehead atoms. The van der Waals surface area contributed by atoms with Crippen molar-refractivity contribution < 1.29 is 4.79 Å². The Labute approximate surface area is 126 Å². The molecule has 2 rings (SSSR count). The van der Waals surface area contributed by atoms with Crippen LogP contribution >= 0.6 is 11.6 Å². The number of hydrogen-bond donors (Lipinski definition) is 0. The fraction of sp³-hybridized carbons (Fsp3) is 0.562. The van der Waals surface area contributed by atoms with E-state index in [9.17, 15) is 4.79 Å². The molecule has 1 saturated heterocycles. The second kappa shape index (κ2) is 7.21. The molecule has 0 spiro atoms. The molecule has 1 aliphatic rings. The molecule has 1 unspecified atom stereocenters. The highest BCUT2D eigenvalue weighted by atomic mass is 35.5. The van der Waals surface area contributed by atoms with Gasteiger partial charge in [0.2, 0.25) is 0 Å². The average molecular weight is 295 g/mol. The van der Waals surface area contributed by atoms with Crippen LogP contribution in [0.15, 0.2) is 24.3 Å². The Balaban J connectivity index is 1.84. The highest BCUT2D eigenvalue weighted by Gasteiger charge is 2.21. The number of Topliss-reactive ketones (excluding diaryl/α,β-unsaturated/α-hetero) is 1. The summed E-state index contributed by atoms with van der Waals surface area (Å²) in [5, 5.41) is 0.626. The molecular formula is C16H23ClN2O. The molecule has 1 heterocycles. The zero-order valence-corrected chi connectivity index (χ0v) is 13.1. The zero-order chi connectivity index (χ0) is 14.5. The number of likely N-dealkylation sites (N-methyl/N-ethyl adjacent to an activating group) is 1. The highest BCUT2D eigenvalue weighted by Crippen LogP contribution is 2.16. The summed E-state index contributed by atoms with van der Waals surface area (Å²) in [4.78, 5) is 16.8. The van der Waals surface area contributed by atoms with Gasteiger partial charge in [0.05, 0.1) is 0 Å². The Morgan fingerprint density at radius 2 is 2.25 bits per heavy atom. The van der Waals surface area contributed by atoms with E-state index >= 15 is 0 Å². The van der Waals surface area contributed by atoms with Crippen LogP contribution in [0.1, 0.15) is 29.6 Å². The van der Waals surface area contributed by atoms with Crippen molar-refractivity contribution in [3.63, 3.8) is 0 Å². The quantitative estimate of drug-likeness (QED) is 0.780. The lowest BCUT2D eigenvalue weighted by atomic mass is 10.0. The van der Waals surface area contributed by atoms with Gasteiger partial charge in [0.25, 0.3) is 0 Å². The Morgan fingerprint density at radius 3 is 2.95 bits per heavy atom. The van der Waals surface area contributed by atoms with E-state index in [0.29, 0.717) is 17.5 Å². The van der Waals surface area contributed by atoms with Crippen molar-refractivity contribution in [3.05, 3.63) is 34.9 Å². The van der Waals surface area contributed by atoms with Crippen molar-refractivity contribution in [2.24, 2.45) is 0 Å². The third-order valence-electron chi connectivity index (χ3n) is 4.01. The van der Waals surface area contributed by atoms with Crippen molar-refractivity contribution in [1.29, 1.82) is 0 Å². The Bertz CT molecular complexity index is 462. The SMILES string of the molecule is CN(C)C1CCCN(CCC(=O)c2cccc(Cl)c2)C1. The molecule has 1 atom stereocenters. The Morgan fingerprint density at radius 1 is 1.45 bits per heavy atom. The molecule has 1 aromatic carbocycles. The van der Waals surface area contributed by atoms with E-state index < -0.39 is 0 Å². The first kappa shape index (κ1) is 15.5. The van der Waals surface area contributed by atoms with E-state index in [1.807, 2.05) is 12.1 Å². The summed E-state index contributed by atoms with van der Waals surface area (Å²) < 4.78 is 0. The van der Waals surface area contributed by atoms with Crippen molar-refractivity contribution >= 4 is 17.4 Å². The first-order valence-corrected chi connectivity index (χ1v) is 7.61. The topological polar surface area (TPSA) is 23.6 Å². The minimum atomic E-state index is 0.180. The van der Waals surface area contributed by atoms with Crippen LogP contribution in [0.5, 0.6) is 0 Å². The summed E-state index contributed by atoms with van der Waals surface area (Å²) in [6.45, 7) is 3.01. The molecule has 0 amide bonds. The van der Waals surface area contributed by atoms with Gasteiger partial charge in [-0.3, -0.25) is 4.79 Å². The number of benzene rings is 1. The molecule has 0 saturated carbocycles. The van der Waals surface area contributed by atoms with Gasteiger partial charge in [-0.15, -0.1) is 0 Å². The molecule has 1 aromatic rings. The average Bonchev–Trinajstić information content (AvgIpc) is 2.45.